The smallest absolute Gasteiger partial charge is 0.279 e. The first kappa shape index (κ1) is 28.0. The predicted octanol–water partition coefficient (Wildman–Crippen LogP) is 3.46. The number of hydrogen-bond acceptors (Lipinski definition) is 7. The van der Waals surface area contributed by atoms with Crippen LogP contribution in [0, 0.1) is 12.3 Å². The van der Waals surface area contributed by atoms with Crippen molar-refractivity contribution in [3.63, 3.8) is 0 Å². The fourth-order valence-corrected chi connectivity index (χ4v) is 7.49. The third-order valence-electron chi connectivity index (χ3n) is 8.80. The van der Waals surface area contributed by atoms with E-state index in [-0.39, 0.29) is 34.4 Å². The number of fused-ring (bicyclic) bond motifs is 2. The number of aliphatic hydroxyl groups is 1. The Balaban J connectivity index is 1.24. The van der Waals surface area contributed by atoms with Crippen LogP contribution in [0.4, 0.5) is 11.6 Å². The van der Waals surface area contributed by atoms with Gasteiger partial charge in [0.15, 0.2) is 11.5 Å². The Kier molecular flexibility index (Phi) is 7.24. The van der Waals surface area contributed by atoms with Gasteiger partial charge in [0.2, 0.25) is 0 Å². The minimum atomic E-state index is -1.20. The van der Waals surface area contributed by atoms with E-state index in [0.717, 1.165) is 51.1 Å². The Labute approximate surface area is 243 Å². The number of piperidine rings is 1. The molecule has 2 N–H and O–H groups in total. The molecular formula is C30H39N7O3S. The van der Waals surface area contributed by atoms with Crippen molar-refractivity contribution in [2.24, 2.45) is 5.41 Å². The molecule has 2 aromatic heterocycles. The molecule has 1 unspecified atom stereocenters. The summed E-state index contributed by atoms with van der Waals surface area (Å²) in [6.07, 6.45) is 5.22. The van der Waals surface area contributed by atoms with E-state index < -0.39 is 11.0 Å². The van der Waals surface area contributed by atoms with E-state index in [2.05, 4.69) is 44.0 Å². The standard InChI is InChI=1S/C30H39N7O3S/c1-20-25(28(39)36-14-7-15-37-24(36)10-13-31-37)33-23(19-38)27(32-20)35-16-11-30(12-17-35)18-21-8-5-6-9-22(21)26(30)34-41(40)29(2,3)4/h5-6,8-10,13,26,34,38H,7,11-12,14-19H2,1-4H3/t26?,41-/m1/s1. The maximum absolute atomic E-state index is 13.6. The number of aliphatic hydroxyl groups excluding tert-OH is 1. The number of nitrogens with zero attached hydrogens (tertiary/aromatic N) is 6. The quantitative estimate of drug-likeness (QED) is 0.477. The van der Waals surface area contributed by atoms with Gasteiger partial charge in [0.25, 0.3) is 5.91 Å². The topological polar surface area (TPSA) is 116 Å². The Hall–Kier alpha value is -3.15. The average Bonchev–Trinajstić information content (AvgIpc) is 3.55. The largest absolute Gasteiger partial charge is 0.390 e. The van der Waals surface area contributed by atoms with Gasteiger partial charge in [0.05, 0.1) is 40.3 Å². The van der Waals surface area contributed by atoms with Crippen molar-refractivity contribution < 1.29 is 14.1 Å². The van der Waals surface area contributed by atoms with Gasteiger partial charge in [0.1, 0.15) is 11.5 Å². The lowest BCUT2D eigenvalue weighted by Crippen LogP contribution is -2.48. The van der Waals surface area contributed by atoms with Crippen molar-refractivity contribution in [3.8, 4) is 0 Å². The van der Waals surface area contributed by atoms with Crippen molar-refractivity contribution in [3.05, 3.63) is 64.7 Å². The third-order valence-corrected chi connectivity index (χ3v) is 10.4. The van der Waals surface area contributed by atoms with Crippen LogP contribution >= 0.6 is 0 Å². The van der Waals surface area contributed by atoms with Gasteiger partial charge < -0.3 is 10.0 Å². The predicted molar refractivity (Wildman–Crippen MR) is 159 cm³/mol. The summed E-state index contributed by atoms with van der Waals surface area (Å²) in [5.41, 5.74) is 3.73. The van der Waals surface area contributed by atoms with Crippen LogP contribution in [0.1, 0.15) is 79.1 Å². The number of carbonyl (C=O) groups is 1. The zero-order valence-corrected chi connectivity index (χ0v) is 25.1. The molecule has 1 saturated heterocycles. The molecule has 3 aromatic rings. The summed E-state index contributed by atoms with van der Waals surface area (Å²) in [4.78, 5) is 27.0. The maximum Gasteiger partial charge on any atom is 0.279 e. The molecule has 218 valence electrons. The van der Waals surface area contributed by atoms with Crippen LogP contribution in [0.2, 0.25) is 0 Å². The molecule has 1 aliphatic carbocycles. The first-order valence-corrected chi connectivity index (χ1v) is 15.6. The number of rotatable bonds is 5. The van der Waals surface area contributed by atoms with E-state index in [1.165, 1.54) is 11.1 Å². The molecule has 0 bridgehead atoms. The van der Waals surface area contributed by atoms with Gasteiger partial charge >= 0.3 is 0 Å². The number of hydrogen-bond donors (Lipinski definition) is 2. The zero-order chi connectivity index (χ0) is 28.9. The highest BCUT2D eigenvalue weighted by molar-refractivity contribution is 7.84. The molecule has 11 heteroatoms. The summed E-state index contributed by atoms with van der Waals surface area (Å²) < 4.78 is 18.2. The maximum atomic E-state index is 13.6. The molecule has 0 radical (unpaired) electrons. The van der Waals surface area contributed by atoms with Gasteiger partial charge in [-0.05, 0) is 69.9 Å². The molecular weight excluding hydrogens is 538 g/mol. The summed E-state index contributed by atoms with van der Waals surface area (Å²) in [6.45, 7) is 10.3. The molecule has 0 saturated carbocycles. The molecule has 10 nitrogen and oxygen atoms in total. The molecule has 1 amide bonds. The van der Waals surface area contributed by atoms with E-state index in [1.54, 1.807) is 11.1 Å². The van der Waals surface area contributed by atoms with Crippen molar-refractivity contribution >= 4 is 28.5 Å². The number of benzene rings is 1. The number of amides is 1. The number of carbonyl (C=O) groups excluding carboxylic acids is 1. The first-order valence-electron chi connectivity index (χ1n) is 14.4. The highest BCUT2D eigenvalue weighted by atomic mass is 32.2. The first-order chi connectivity index (χ1) is 19.6. The second-order valence-electron chi connectivity index (χ2n) is 12.5. The molecule has 2 atom stereocenters. The lowest BCUT2D eigenvalue weighted by Gasteiger charge is -2.44. The summed E-state index contributed by atoms with van der Waals surface area (Å²) >= 11 is 0. The lowest BCUT2D eigenvalue weighted by atomic mass is 9.73. The van der Waals surface area contributed by atoms with E-state index >= 15 is 0 Å². The number of anilines is 2. The van der Waals surface area contributed by atoms with E-state index in [1.807, 2.05) is 38.4 Å². The van der Waals surface area contributed by atoms with E-state index in [9.17, 15) is 14.1 Å². The molecule has 2 aliphatic heterocycles. The van der Waals surface area contributed by atoms with Crippen LogP contribution in [-0.4, -0.2) is 59.4 Å². The summed E-state index contributed by atoms with van der Waals surface area (Å²) in [7, 11) is -1.20. The molecule has 1 fully saturated rings. The number of nitrogens with one attached hydrogen (secondary N) is 1. The normalized spacial score (nSPS) is 20.7. The van der Waals surface area contributed by atoms with Gasteiger partial charge in [-0.2, -0.15) is 5.10 Å². The van der Waals surface area contributed by atoms with Crippen molar-refractivity contribution in [2.75, 3.05) is 29.4 Å². The highest BCUT2D eigenvalue weighted by Crippen LogP contribution is 2.52. The second-order valence-corrected chi connectivity index (χ2v) is 14.5. The Morgan fingerprint density at radius 2 is 1.88 bits per heavy atom. The summed E-state index contributed by atoms with van der Waals surface area (Å²) in [6, 6.07) is 10.3. The molecule has 1 aromatic carbocycles. The molecule has 41 heavy (non-hydrogen) atoms. The second kappa shape index (κ2) is 10.6. The SMILES string of the molecule is Cc1nc(N2CCC3(CC2)Cc2ccccc2C3N[S@](=O)C(C)(C)C)c(CO)nc1C(=O)N1CCCn2nccc21. The van der Waals surface area contributed by atoms with E-state index in [0.29, 0.717) is 23.8 Å². The molecule has 6 rings (SSSR count). The summed E-state index contributed by atoms with van der Waals surface area (Å²) in [5, 5.41) is 14.6. The van der Waals surface area contributed by atoms with Crippen LogP contribution in [0.15, 0.2) is 36.5 Å². The molecule has 3 aliphatic rings. The highest BCUT2D eigenvalue weighted by Gasteiger charge is 2.49. The third kappa shape index (κ3) is 4.97. The van der Waals surface area contributed by atoms with Crippen molar-refractivity contribution in [1.29, 1.82) is 0 Å². The number of aryl methyl sites for hydroxylation is 2. The van der Waals surface area contributed by atoms with Crippen LogP contribution in [0.25, 0.3) is 0 Å². The fraction of sp³-hybridized carbons (Fsp3) is 0.533. The minimum Gasteiger partial charge on any atom is -0.390 e. The Morgan fingerprint density at radius 1 is 1.12 bits per heavy atom. The van der Waals surface area contributed by atoms with Crippen LogP contribution in [-0.2, 0) is 30.6 Å². The molecule has 4 heterocycles. The lowest BCUT2D eigenvalue weighted by molar-refractivity contribution is 0.0974. The van der Waals surface area contributed by atoms with Gasteiger partial charge in [0, 0.05) is 32.2 Å². The van der Waals surface area contributed by atoms with Crippen molar-refractivity contribution in [1.82, 2.24) is 24.5 Å². The monoisotopic (exact) mass is 577 g/mol. The van der Waals surface area contributed by atoms with Gasteiger partial charge in [-0.15, -0.1) is 0 Å². The van der Waals surface area contributed by atoms with Crippen LogP contribution < -0.4 is 14.5 Å². The average molecular weight is 578 g/mol. The van der Waals surface area contributed by atoms with Crippen molar-refractivity contribution in [2.45, 2.75) is 77.3 Å². The van der Waals surface area contributed by atoms with Gasteiger partial charge in [-0.1, -0.05) is 24.3 Å². The summed E-state index contributed by atoms with van der Waals surface area (Å²) in [5.74, 6) is 1.17. The Morgan fingerprint density at radius 3 is 2.61 bits per heavy atom. The minimum absolute atomic E-state index is 0.00372. The van der Waals surface area contributed by atoms with Gasteiger partial charge in [-0.3, -0.25) is 9.69 Å². The number of aromatic nitrogens is 4. The van der Waals surface area contributed by atoms with E-state index in [4.69, 9.17) is 4.98 Å². The van der Waals surface area contributed by atoms with Crippen LogP contribution in [0.5, 0.6) is 0 Å². The van der Waals surface area contributed by atoms with Gasteiger partial charge in [-0.25, -0.2) is 23.6 Å². The fourth-order valence-electron chi connectivity index (χ4n) is 6.55. The Bertz CT molecular complexity index is 1490. The molecule has 1 spiro atoms. The van der Waals surface area contributed by atoms with Crippen LogP contribution in [0.3, 0.4) is 0 Å². The zero-order valence-electron chi connectivity index (χ0n) is 24.3.